The van der Waals surface area contributed by atoms with Gasteiger partial charge in [-0.25, -0.2) is 0 Å². The second-order valence-corrected chi connectivity index (χ2v) is 4.53. The van der Waals surface area contributed by atoms with Crippen LogP contribution in [-0.4, -0.2) is 74.1 Å². The van der Waals surface area contributed by atoms with Crippen molar-refractivity contribution in [1.29, 1.82) is 0 Å². The normalized spacial score (nSPS) is 18.0. The van der Waals surface area contributed by atoms with Gasteiger partial charge >= 0.3 is 0 Å². The van der Waals surface area contributed by atoms with Crippen LogP contribution in [0.25, 0.3) is 0 Å². The van der Waals surface area contributed by atoms with E-state index in [9.17, 15) is 0 Å². The second-order valence-electron chi connectivity index (χ2n) is 4.53. The highest BCUT2D eigenvalue weighted by molar-refractivity contribution is 4.69. The quantitative estimate of drug-likeness (QED) is 0.706. The van der Waals surface area contributed by atoms with E-state index in [2.05, 4.69) is 35.6 Å². The lowest BCUT2D eigenvalue weighted by atomic mass is 10.3. The molecule has 17 heavy (non-hydrogen) atoms. The molecule has 1 aliphatic heterocycles. The summed E-state index contributed by atoms with van der Waals surface area (Å²) in [6.07, 6.45) is 1.32. The van der Waals surface area contributed by atoms with Crippen LogP contribution in [0.4, 0.5) is 0 Å². The molecule has 1 heterocycles. The van der Waals surface area contributed by atoms with Crippen LogP contribution in [0.15, 0.2) is 0 Å². The van der Waals surface area contributed by atoms with Crippen molar-refractivity contribution in [2.24, 2.45) is 0 Å². The summed E-state index contributed by atoms with van der Waals surface area (Å²) in [4.78, 5) is 7.53. The van der Waals surface area contributed by atoms with Gasteiger partial charge in [0, 0.05) is 26.2 Å². The third-order valence-corrected chi connectivity index (χ3v) is 3.44. The van der Waals surface area contributed by atoms with Gasteiger partial charge in [0.15, 0.2) is 0 Å². The minimum atomic E-state index is 1.19. The molecule has 0 amide bonds. The van der Waals surface area contributed by atoms with Crippen molar-refractivity contribution in [1.82, 2.24) is 14.7 Å². The molecule has 0 spiro atoms. The summed E-state index contributed by atoms with van der Waals surface area (Å²) in [6, 6.07) is 0. The summed E-state index contributed by atoms with van der Waals surface area (Å²) in [7, 11) is 2.22. The smallest absolute Gasteiger partial charge is 0.0110 e. The maximum atomic E-state index is 2.60. The van der Waals surface area contributed by atoms with E-state index in [0.29, 0.717) is 0 Å². The van der Waals surface area contributed by atoms with Crippen LogP contribution in [0.3, 0.4) is 0 Å². The molecule has 0 saturated carbocycles. The second kappa shape index (κ2) is 11.0. The predicted molar refractivity (Wildman–Crippen MR) is 77.7 cm³/mol. The fraction of sp³-hybridized carbons (Fsp3) is 1.00. The lowest BCUT2D eigenvalue weighted by Crippen LogP contribution is -2.45. The van der Waals surface area contributed by atoms with E-state index in [4.69, 9.17) is 0 Å². The first-order valence-corrected chi connectivity index (χ1v) is 7.39. The number of nitrogens with zero attached hydrogens (tertiary/aromatic N) is 3. The standard InChI is InChI=1S/C12H27N3.C2H6/c1-4-14(5-2)7-6-8-15-11-9-13(3)10-12-15;1-2/h4-12H2,1-3H3;1-2H3. The van der Waals surface area contributed by atoms with Crippen molar-refractivity contribution < 1.29 is 0 Å². The summed E-state index contributed by atoms with van der Waals surface area (Å²) in [6.45, 7) is 18.4. The molecule has 1 rings (SSSR count). The average Bonchev–Trinajstić information content (AvgIpc) is 2.39. The maximum absolute atomic E-state index is 2.60. The summed E-state index contributed by atoms with van der Waals surface area (Å²) in [5.74, 6) is 0. The Morgan fingerprint density at radius 2 is 1.47 bits per heavy atom. The van der Waals surface area contributed by atoms with Crippen LogP contribution in [0.1, 0.15) is 34.1 Å². The van der Waals surface area contributed by atoms with Crippen LogP contribution in [-0.2, 0) is 0 Å². The molecule has 0 radical (unpaired) electrons. The Balaban J connectivity index is 0.00000121. The van der Waals surface area contributed by atoms with E-state index in [1.54, 1.807) is 0 Å². The van der Waals surface area contributed by atoms with Gasteiger partial charge in [0.2, 0.25) is 0 Å². The minimum Gasteiger partial charge on any atom is -0.304 e. The zero-order valence-electron chi connectivity index (χ0n) is 12.7. The molecule has 0 aromatic rings. The van der Waals surface area contributed by atoms with Gasteiger partial charge in [-0.2, -0.15) is 0 Å². The van der Waals surface area contributed by atoms with E-state index < -0.39 is 0 Å². The molecule has 0 bridgehead atoms. The van der Waals surface area contributed by atoms with Gasteiger partial charge in [0.05, 0.1) is 0 Å². The molecular weight excluding hydrogens is 210 g/mol. The van der Waals surface area contributed by atoms with Crippen LogP contribution < -0.4 is 0 Å². The maximum Gasteiger partial charge on any atom is 0.0110 e. The van der Waals surface area contributed by atoms with E-state index >= 15 is 0 Å². The van der Waals surface area contributed by atoms with E-state index in [0.717, 1.165) is 0 Å². The summed E-state index contributed by atoms with van der Waals surface area (Å²) < 4.78 is 0. The Hall–Kier alpha value is -0.120. The van der Waals surface area contributed by atoms with E-state index in [1.807, 2.05) is 13.8 Å². The molecule has 1 saturated heterocycles. The number of piperazine rings is 1. The largest absolute Gasteiger partial charge is 0.304 e. The molecule has 1 aliphatic rings. The third-order valence-electron chi connectivity index (χ3n) is 3.44. The number of hydrogen-bond donors (Lipinski definition) is 0. The van der Waals surface area contributed by atoms with Gasteiger partial charge in [-0.3, -0.25) is 0 Å². The molecule has 1 fully saturated rings. The van der Waals surface area contributed by atoms with Crippen molar-refractivity contribution >= 4 is 0 Å². The highest BCUT2D eigenvalue weighted by Gasteiger charge is 2.12. The molecule has 3 heteroatoms. The van der Waals surface area contributed by atoms with E-state index in [-0.39, 0.29) is 0 Å². The zero-order chi connectivity index (χ0) is 13.1. The summed E-state index contributed by atoms with van der Waals surface area (Å²) >= 11 is 0. The Kier molecular flexibility index (Phi) is 10.9. The van der Waals surface area contributed by atoms with Crippen LogP contribution in [0.5, 0.6) is 0 Å². The molecule has 104 valence electrons. The minimum absolute atomic E-state index is 1.19. The van der Waals surface area contributed by atoms with Crippen LogP contribution >= 0.6 is 0 Å². The lowest BCUT2D eigenvalue weighted by Gasteiger charge is -2.32. The lowest BCUT2D eigenvalue weighted by molar-refractivity contribution is 0.147. The van der Waals surface area contributed by atoms with Crippen LogP contribution in [0.2, 0.25) is 0 Å². The molecule has 3 nitrogen and oxygen atoms in total. The highest BCUT2D eigenvalue weighted by atomic mass is 15.2. The number of rotatable bonds is 6. The zero-order valence-corrected chi connectivity index (χ0v) is 12.7. The first-order valence-electron chi connectivity index (χ1n) is 7.39. The topological polar surface area (TPSA) is 9.72 Å². The Morgan fingerprint density at radius 1 is 0.941 bits per heavy atom. The summed E-state index contributed by atoms with van der Waals surface area (Å²) in [5, 5.41) is 0. The molecule has 0 aromatic carbocycles. The monoisotopic (exact) mass is 243 g/mol. The van der Waals surface area contributed by atoms with Crippen molar-refractivity contribution in [3.63, 3.8) is 0 Å². The molecule has 0 aliphatic carbocycles. The van der Waals surface area contributed by atoms with Gasteiger partial charge < -0.3 is 14.7 Å². The van der Waals surface area contributed by atoms with Gasteiger partial charge in [-0.15, -0.1) is 0 Å². The molecular formula is C14H33N3. The fourth-order valence-corrected chi connectivity index (χ4v) is 2.13. The van der Waals surface area contributed by atoms with Crippen LogP contribution in [0, 0.1) is 0 Å². The molecule has 0 unspecified atom stereocenters. The van der Waals surface area contributed by atoms with Gasteiger partial charge in [-0.1, -0.05) is 27.7 Å². The average molecular weight is 243 g/mol. The molecule has 0 atom stereocenters. The molecule has 0 N–H and O–H groups in total. The Morgan fingerprint density at radius 3 is 1.94 bits per heavy atom. The SMILES string of the molecule is CC.CCN(CC)CCCN1CCN(C)CC1. The van der Waals surface area contributed by atoms with E-state index in [1.165, 1.54) is 58.8 Å². The Bertz CT molecular complexity index is 150. The molecule has 0 aromatic heterocycles. The summed E-state index contributed by atoms with van der Waals surface area (Å²) in [5.41, 5.74) is 0. The van der Waals surface area contributed by atoms with Crippen molar-refractivity contribution in [3.05, 3.63) is 0 Å². The van der Waals surface area contributed by atoms with Crippen molar-refractivity contribution in [3.8, 4) is 0 Å². The van der Waals surface area contributed by atoms with Gasteiger partial charge in [0.25, 0.3) is 0 Å². The first-order chi connectivity index (χ1) is 8.26. The highest BCUT2D eigenvalue weighted by Crippen LogP contribution is 2.00. The number of hydrogen-bond acceptors (Lipinski definition) is 3. The third kappa shape index (κ3) is 7.74. The number of likely N-dealkylation sites (N-methyl/N-ethyl adjacent to an activating group) is 1. The van der Waals surface area contributed by atoms with Crippen molar-refractivity contribution in [2.45, 2.75) is 34.1 Å². The fourth-order valence-electron chi connectivity index (χ4n) is 2.13. The Labute approximate surface area is 109 Å². The van der Waals surface area contributed by atoms with Crippen molar-refractivity contribution in [2.75, 3.05) is 59.4 Å². The predicted octanol–water partition coefficient (Wildman–Crippen LogP) is 1.99. The van der Waals surface area contributed by atoms with Gasteiger partial charge in [-0.05, 0) is 39.6 Å². The van der Waals surface area contributed by atoms with Gasteiger partial charge in [0.1, 0.15) is 0 Å². The first kappa shape index (κ1) is 16.9.